The molecule has 4 heteroatoms. The van der Waals surface area contributed by atoms with Crippen LogP contribution in [0, 0.1) is 6.92 Å². The van der Waals surface area contributed by atoms with E-state index >= 15 is 0 Å². The van der Waals surface area contributed by atoms with E-state index < -0.39 is 0 Å². The molecule has 3 nitrogen and oxygen atoms in total. The van der Waals surface area contributed by atoms with Crippen LogP contribution in [0.1, 0.15) is 24.7 Å². The Kier molecular flexibility index (Phi) is 5.40. The summed E-state index contributed by atoms with van der Waals surface area (Å²) in [4.78, 5) is 0. The molecule has 0 saturated heterocycles. The first-order valence-corrected chi connectivity index (χ1v) is 7.62. The van der Waals surface area contributed by atoms with Crippen LogP contribution in [0.4, 0.5) is 0 Å². The summed E-state index contributed by atoms with van der Waals surface area (Å²) < 4.78 is 6.94. The van der Waals surface area contributed by atoms with Crippen LogP contribution in [0.3, 0.4) is 0 Å². The number of hydrogen-bond acceptors (Lipinski definition) is 3. The zero-order chi connectivity index (χ0) is 14.5. The number of rotatable bonds is 6. The Morgan fingerprint density at radius 2 is 2.10 bits per heavy atom. The van der Waals surface area contributed by atoms with Gasteiger partial charge in [0.25, 0.3) is 0 Å². The molecule has 0 aliphatic heterocycles. The Bertz CT molecular complexity index is 561. The van der Waals surface area contributed by atoms with Gasteiger partial charge in [-0.15, -0.1) is 0 Å². The van der Waals surface area contributed by atoms with E-state index in [9.17, 15) is 0 Å². The molecule has 0 unspecified atom stereocenters. The van der Waals surface area contributed by atoms with Crippen LogP contribution in [0.15, 0.2) is 39.2 Å². The van der Waals surface area contributed by atoms with Crippen molar-refractivity contribution in [2.75, 3.05) is 6.61 Å². The van der Waals surface area contributed by atoms with Crippen LogP contribution in [0.5, 0.6) is 0 Å². The third-order valence-electron chi connectivity index (χ3n) is 3.38. The second-order valence-electron chi connectivity index (χ2n) is 4.90. The van der Waals surface area contributed by atoms with E-state index in [4.69, 9.17) is 9.52 Å². The molecule has 1 heterocycles. The fourth-order valence-electron chi connectivity index (χ4n) is 2.01. The highest BCUT2D eigenvalue weighted by Crippen LogP contribution is 2.26. The Morgan fingerprint density at radius 3 is 2.75 bits per heavy atom. The van der Waals surface area contributed by atoms with Gasteiger partial charge in [-0.2, -0.15) is 0 Å². The molecule has 0 bridgehead atoms. The predicted octanol–water partition coefficient (Wildman–Crippen LogP) is 3.88. The number of aryl methyl sites for hydroxylation is 1. The number of aliphatic hydroxyl groups is 1. The van der Waals surface area contributed by atoms with Crippen LogP contribution >= 0.6 is 15.9 Å². The first-order chi connectivity index (χ1) is 9.63. The quantitative estimate of drug-likeness (QED) is 0.840. The molecule has 0 aliphatic rings. The number of aliphatic hydroxyl groups excluding tert-OH is 1. The number of furan rings is 1. The van der Waals surface area contributed by atoms with Gasteiger partial charge in [0.1, 0.15) is 11.5 Å². The zero-order valence-corrected chi connectivity index (χ0v) is 13.4. The molecule has 108 valence electrons. The lowest BCUT2D eigenvalue weighted by atomic mass is 10.1. The molecular formula is C16H20BrNO2. The normalized spacial score (nSPS) is 12.6. The molecule has 0 amide bonds. The van der Waals surface area contributed by atoms with Gasteiger partial charge in [-0.05, 0) is 43.2 Å². The summed E-state index contributed by atoms with van der Waals surface area (Å²) in [6.07, 6.45) is 0.899. The maximum atomic E-state index is 9.15. The molecule has 0 saturated carbocycles. The average Bonchev–Trinajstić information content (AvgIpc) is 2.92. The maximum Gasteiger partial charge on any atom is 0.134 e. The summed E-state index contributed by atoms with van der Waals surface area (Å²) in [6.45, 7) is 4.89. The molecular weight excluding hydrogens is 318 g/mol. The Balaban J connectivity index is 2.06. The van der Waals surface area contributed by atoms with Gasteiger partial charge in [-0.3, -0.25) is 0 Å². The van der Waals surface area contributed by atoms with Crippen LogP contribution in [0.25, 0.3) is 11.3 Å². The first kappa shape index (κ1) is 15.3. The smallest absolute Gasteiger partial charge is 0.134 e. The highest BCUT2D eigenvalue weighted by molar-refractivity contribution is 9.10. The summed E-state index contributed by atoms with van der Waals surface area (Å²) in [7, 11) is 0. The van der Waals surface area contributed by atoms with Gasteiger partial charge in [0.05, 0.1) is 13.2 Å². The van der Waals surface area contributed by atoms with E-state index in [0.29, 0.717) is 6.54 Å². The highest BCUT2D eigenvalue weighted by atomic mass is 79.9. The fourth-order valence-corrected chi connectivity index (χ4v) is 2.26. The molecule has 1 aromatic carbocycles. The minimum atomic E-state index is 0.124. The molecule has 20 heavy (non-hydrogen) atoms. The van der Waals surface area contributed by atoms with E-state index in [-0.39, 0.29) is 12.6 Å². The Hall–Kier alpha value is -1.10. The lowest BCUT2D eigenvalue weighted by Crippen LogP contribution is -2.30. The summed E-state index contributed by atoms with van der Waals surface area (Å²) in [5.74, 6) is 1.75. The van der Waals surface area contributed by atoms with Crippen molar-refractivity contribution in [1.82, 2.24) is 5.32 Å². The first-order valence-electron chi connectivity index (χ1n) is 6.83. The number of nitrogens with one attached hydrogen (secondary N) is 1. The van der Waals surface area contributed by atoms with E-state index in [2.05, 4.69) is 34.2 Å². The van der Waals surface area contributed by atoms with E-state index in [1.165, 1.54) is 5.56 Å². The minimum Gasteiger partial charge on any atom is -0.460 e. The minimum absolute atomic E-state index is 0.124. The van der Waals surface area contributed by atoms with Crippen molar-refractivity contribution >= 4 is 15.9 Å². The summed E-state index contributed by atoms with van der Waals surface area (Å²) >= 11 is 3.50. The van der Waals surface area contributed by atoms with Crippen molar-refractivity contribution in [3.8, 4) is 11.3 Å². The number of benzene rings is 1. The lowest BCUT2D eigenvalue weighted by molar-refractivity contribution is 0.235. The summed E-state index contributed by atoms with van der Waals surface area (Å²) in [5, 5.41) is 12.4. The van der Waals surface area contributed by atoms with Crippen molar-refractivity contribution in [3.63, 3.8) is 0 Å². The van der Waals surface area contributed by atoms with Gasteiger partial charge < -0.3 is 14.8 Å². The van der Waals surface area contributed by atoms with E-state index in [1.54, 1.807) is 0 Å². The summed E-state index contributed by atoms with van der Waals surface area (Å²) in [6, 6.07) is 10.3. The van der Waals surface area contributed by atoms with Crippen LogP contribution in [0.2, 0.25) is 0 Å². The predicted molar refractivity (Wildman–Crippen MR) is 84.6 cm³/mol. The van der Waals surface area contributed by atoms with Gasteiger partial charge in [0.15, 0.2) is 0 Å². The van der Waals surface area contributed by atoms with Crippen LogP contribution in [-0.2, 0) is 6.54 Å². The van der Waals surface area contributed by atoms with E-state index in [1.807, 2.05) is 31.2 Å². The van der Waals surface area contributed by atoms with Crippen molar-refractivity contribution in [2.24, 2.45) is 0 Å². The van der Waals surface area contributed by atoms with Gasteiger partial charge >= 0.3 is 0 Å². The van der Waals surface area contributed by atoms with Crippen molar-refractivity contribution in [3.05, 3.63) is 46.1 Å². The van der Waals surface area contributed by atoms with Gasteiger partial charge in [-0.1, -0.05) is 28.9 Å². The largest absolute Gasteiger partial charge is 0.460 e. The zero-order valence-electron chi connectivity index (χ0n) is 11.8. The molecule has 2 aromatic rings. The van der Waals surface area contributed by atoms with Crippen molar-refractivity contribution in [2.45, 2.75) is 32.9 Å². The van der Waals surface area contributed by atoms with Crippen LogP contribution < -0.4 is 5.32 Å². The monoisotopic (exact) mass is 337 g/mol. The summed E-state index contributed by atoms with van der Waals surface area (Å²) in [5.41, 5.74) is 2.26. The van der Waals surface area contributed by atoms with Gasteiger partial charge in [0, 0.05) is 16.1 Å². The van der Waals surface area contributed by atoms with Gasteiger partial charge in [-0.25, -0.2) is 0 Å². The topological polar surface area (TPSA) is 45.4 Å². The second-order valence-corrected chi connectivity index (χ2v) is 5.75. The van der Waals surface area contributed by atoms with Gasteiger partial charge in [0.2, 0.25) is 0 Å². The third kappa shape index (κ3) is 3.72. The Morgan fingerprint density at radius 1 is 1.30 bits per heavy atom. The molecule has 2 N–H and O–H groups in total. The van der Waals surface area contributed by atoms with Crippen LogP contribution in [-0.4, -0.2) is 17.8 Å². The lowest BCUT2D eigenvalue weighted by Gasteiger charge is -2.12. The molecule has 0 aliphatic carbocycles. The third-order valence-corrected chi connectivity index (χ3v) is 4.27. The number of halogens is 1. The average molecular weight is 338 g/mol. The van der Waals surface area contributed by atoms with E-state index in [0.717, 1.165) is 28.0 Å². The molecule has 0 spiro atoms. The maximum absolute atomic E-state index is 9.15. The number of hydrogen-bond donors (Lipinski definition) is 2. The standard InChI is InChI=1S/C16H20BrNO2/c1-3-13(10-19)18-9-14-5-7-16(20-14)12-4-6-15(17)11(2)8-12/h4-8,13,18-19H,3,9-10H2,1-2H3/t13-/m0/s1. The fraction of sp³-hybridized carbons (Fsp3) is 0.375. The SMILES string of the molecule is CC[C@@H](CO)NCc1ccc(-c2ccc(Br)c(C)c2)o1. The van der Waals surface area contributed by atoms with Crippen molar-refractivity contribution in [1.29, 1.82) is 0 Å². The molecule has 1 atom stereocenters. The molecule has 0 fully saturated rings. The molecule has 0 radical (unpaired) electrons. The molecule has 1 aromatic heterocycles. The van der Waals surface area contributed by atoms with Crippen molar-refractivity contribution < 1.29 is 9.52 Å². The Labute approximate surface area is 128 Å². The second kappa shape index (κ2) is 7.07. The molecule has 2 rings (SSSR count). The highest BCUT2D eigenvalue weighted by Gasteiger charge is 2.08.